The van der Waals surface area contributed by atoms with Crippen LogP contribution in [-0.4, -0.2) is 74.3 Å². The average Bonchev–Trinajstić information content (AvgIpc) is 3.73. The minimum atomic E-state index is -4.47. The van der Waals surface area contributed by atoms with E-state index in [1.165, 1.54) is 141 Å². The molecule has 0 spiro atoms. The first-order valence-corrected chi connectivity index (χ1v) is 39.0. The van der Waals surface area contributed by atoms with Gasteiger partial charge in [0.05, 0.1) is 33.8 Å². The van der Waals surface area contributed by atoms with Gasteiger partial charge in [0.25, 0.3) is 0 Å². The number of carbonyl (C=O) groups excluding carboxylic acids is 2. The number of esters is 1. The Hall–Kier alpha value is -3.85. The van der Waals surface area contributed by atoms with E-state index in [1.807, 2.05) is 33.3 Å². The second kappa shape index (κ2) is 69.0. The minimum Gasteiger partial charge on any atom is -0.456 e. The molecule has 0 radical (unpaired) electrons. The van der Waals surface area contributed by atoms with Crippen molar-refractivity contribution in [1.29, 1.82) is 0 Å². The predicted octanol–water partition coefficient (Wildman–Crippen LogP) is 24.3. The van der Waals surface area contributed by atoms with Crippen LogP contribution in [0.1, 0.15) is 316 Å². The molecule has 0 aliphatic heterocycles. The maximum absolute atomic E-state index is 13.6. The van der Waals surface area contributed by atoms with Gasteiger partial charge in [-0.15, -0.1) is 0 Å². The zero-order valence-corrected chi connectivity index (χ0v) is 60.7. The normalized spacial score (nSPS) is 14.2. The molecule has 10 heteroatoms. The molecule has 0 aromatic carbocycles. The van der Waals surface area contributed by atoms with E-state index in [2.05, 4.69) is 148 Å². The number of rotatable bonds is 67. The molecule has 0 fully saturated rings. The van der Waals surface area contributed by atoms with E-state index in [0.717, 1.165) is 141 Å². The molecule has 1 amide bonds. The lowest BCUT2D eigenvalue weighted by Crippen LogP contribution is -2.47. The third kappa shape index (κ3) is 70.3. The Morgan fingerprint density at radius 3 is 1.08 bits per heavy atom. The SMILES string of the molecule is CC/C=C\C/C=C\C/C=C\C/C=C\C/C=C\C/C=C\CCCCCCCCC(=O)NC(COP(=O)(O)OCC[N+](C)(C)C)C(/C=C/CCCCCCCCCCCCC)OC(=O)CCCCCCCCCCCCC/C=C\C/C=C\C/C=C\C/C=C\CCCCC. The molecule has 9 nitrogen and oxygen atoms in total. The second-order valence-corrected chi connectivity index (χ2v) is 27.5. The smallest absolute Gasteiger partial charge is 0.456 e. The van der Waals surface area contributed by atoms with Gasteiger partial charge in [-0.25, -0.2) is 4.57 Å². The van der Waals surface area contributed by atoms with Gasteiger partial charge >= 0.3 is 13.8 Å². The van der Waals surface area contributed by atoms with Crippen molar-refractivity contribution < 1.29 is 37.3 Å². The number of hydrogen-bond acceptors (Lipinski definition) is 6. The molecule has 3 unspecified atom stereocenters. The molecule has 0 aliphatic carbocycles. The topological polar surface area (TPSA) is 111 Å². The highest BCUT2D eigenvalue weighted by Gasteiger charge is 2.30. The van der Waals surface area contributed by atoms with E-state index in [9.17, 15) is 19.0 Å². The largest absolute Gasteiger partial charge is 0.472 e. The van der Waals surface area contributed by atoms with Crippen molar-refractivity contribution in [1.82, 2.24) is 5.32 Å². The number of ether oxygens (including phenoxy) is 1. The third-order valence-corrected chi connectivity index (χ3v) is 17.1. The Balaban J connectivity index is 5.11. The first-order valence-electron chi connectivity index (χ1n) is 37.5. The van der Waals surface area contributed by atoms with Crippen LogP contribution in [0.5, 0.6) is 0 Å². The highest BCUT2D eigenvalue weighted by atomic mass is 31.2. The van der Waals surface area contributed by atoms with Gasteiger partial charge in [-0.3, -0.25) is 18.6 Å². The number of carbonyl (C=O) groups is 2. The van der Waals surface area contributed by atoms with Crippen LogP contribution in [0, 0.1) is 0 Å². The molecule has 2 N–H and O–H groups in total. The number of hydrogen-bond donors (Lipinski definition) is 2. The lowest BCUT2D eigenvalue weighted by Gasteiger charge is -2.27. The van der Waals surface area contributed by atoms with Crippen LogP contribution in [0.15, 0.2) is 134 Å². The van der Waals surface area contributed by atoms with Crippen molar-refractivity contribution >= 4 is 19.7 Å². The number of nitrogens with one attached hydrogen (secondary N) is 1. The van der Waals surface area contributed by atoms with E-state index in [0.29, 0.717) is 17.4 Å². The molecule has 0 aliphatic rings. The van der Waals surface area contributed by atoms with Crippen molar-refractivity contribution in [3.8, 4) is 0 Å². The molecule has 0 saturated carbocycles. The predicted molar refractivity (Wildman–Crippen MR) is 396 cm³/mol. The molecule has 0 heterocycles. The summed E-state index contributed by atoms with van der Waals surface area (Å²) >= 11 is 0. The molecule has 0 saturated heterocycles. The summed E-state index contributed by atoms with van der Waals surface area (Å²) in [5.41, 5.74) is 0. The standard InChI is InChI=1S/C81H141N2O7P/c1-7-10-13-16-19-22-25-28-30-32-34-36-38-40-41-43-45-47-49-51-53-56-59-62-65-68-71-74-81(85)90-79(72-69-66-63-60-57-54-27-24-21-18-15-12-9-3)78(77-89-91(86,87)88-76-75-83(4,5)6)82-80(84)73-70-67-64-61-58-55-52-50-48-46-44-42-39-37-35-33-31-29-26-23-20-17-14-11-8-2/h11,14,19-20,22-23,28-31,34-37,40-42,44,48,50,69,72,78-79H,7-10,12-13,15-18,21,24-27,32-33,38-39,43,45-47,49,51-68,70-71,73-77H2,1-6H3,(H-,82,84,86,87)/p+1/b14-11-,22-19-,23-20-,30-28-,31-29-,36-34-,37-35-,41-40-,44-42-,50-48-,72-69+. The fourth-order valence-corrected chi connectivity index (χ4v) is 11.1. The number of allylic oxidation sites excluding steroid dienone is 21. The van der Waals surface area contributed by atoms with Gasteiger partial charge in [0.1, 0.15) is 19.3 Å². The maximum Gasteiger partial charge on any atom is 0.472 e. The summed E-state index contributed by atoms with van der Waals surface area (Å²) < 4.78 is 30.9. The summed E-state index contributed by atoms with van der Waals surface area (Å²) in [5.74, 6) is -0.526. The molecule has 0 rings (SSSR count). The monoisotopic (exact) mass is 1290 g/mol. The van der Waals surface area contributed by atoms with Crippen molar-refractivity contribution in [2.75, 3.05) is 40.9 Å². The van der Waals surface area contributed by atoms with E-state index >= 15 is 0 Å². The highest BCUT2D eigenvalue weighted by molar-refractivity contribution is 7.47. The van der Waals surface area contributed by atoms with Gasteiger partial charge in [0.2, 0.25) is 5.91 Å². The first kappa shape index (κ1) is 87.2. The van der Waals surface area contributed by atoms with Crippen molar-refractivity contribution in [2.45, 2.75) is 328 Å². The number of amides is 1. The van der Waals surface area contributed by atoms with Crippen LogP contribution in [-0.2, 0) is 27.9 Å². The minimum absolute atomic E-state index is 0.0301. The molecule has 0 aromatic heterocycles. The second-order valence-electron chi connectivity index (χ2n) is 26.1. The van der Waals surface area contributed by atoms with E-state index in [1.54, 1.807) is 0 Å². The maximum atomic E-state index is 13.6. The van der Waals surface area contributed by atoms with Crippen LogP contribution in [0.3, 0.4) is 0 Å². The molecule has 0 aromatic rings. The molecule has 0 bridgehead atoms. The van der Waals surface area contributed by atoms with Crippen molar-refractivity contribution in [3.63, 3.8) is 0 Å². The lowest BCUT2D eigenvalue weighted by molar-refractivity contribution is -0.870. The Morgan fingerprint density at radius 2 is 0.703 bits per heavy atom. The summed E-state index contributed by atoms with van der Waals surface area (Å²) in [6.07, 6.45) is 98.9. The van der Waals surface area contributed by atoms with Crippen LogP contribution < -0.4 is 5.32 Å². The molecular weight excluding hydrogens is 1140 g/mol. The lowest BCUT2D eigenvalue weighted by atomic mass is 10.0. The van der Waals surface area contributed by atoms with Crippen LogP contribution in [0.25, 0.3) is 0 Å². The first-order chi connectivity index (χ1) is 44.4. The van der Waals surface area contributed by atoms with Crippen molar-refractivity contribution in [2.24, 2.45) is 0 Å². The van der Waals surface area contributed by atoms with E-state index < -0.39 is 20.0 Å². The van der Waals surface area contributed by atoms with Crippen molar-refractivity contribution in [3.05, 3.63) is 134 Å². The Morgan fingerprint density at radius 1 is 0.396 bits per heavy atom. The zero-order chi connectivity index (χ0) is 66.3. The fourth-order valence-electron chi connectivity index (χ4n) is 10.3. The van der Waals surface area contributed by atoms with E-state index in [-0.39, 0.29) is 31.5 Å². The third-order valence-electron chi connectivity index (χ3n) is 16.1. The van der Waals surface area contributed by atoms with Crippen LogP contribution in [0.2, 0.25) is 0 Å². The Kier molecular flexibility index (Phi) is 66.1. The Bertz CT molecular complexity index is 2020. The highest BCUT2D eigenvalue weighted by Crippen LogP contribution is 2.43. The van der Waals surface area contributed by atoms with Gasteiger partial charge in [-0.2, -0.15) is 0 Å². The summed E-state index contributed by atoms with van der Waals surface area (Å²) in [6, 6.07) is -0.869. The molecule has 522 valence electrons. The number of phosphoric ester groups is 1. The van der Waals surface area contributed by atoms with Crippen LogP contribution in [0.4, 0.5) is 0 Å². The number of quaternary nitrogens is 1. The summed E-state index contributed by atoms with van der Waals surface area (Å²) in [5, 5.41) is 3.07. The number of nitrogens with zero attached hydrogens (tertiary/aromatic N) is 1. The molecule has 91 heavy (non-hydrogen) atoms. The fraction of sp³-hybridized carbons (Fsp3) is 0.704. The van der Waals surface area contributed by atoms with Crippen LogP contribution >= 0.6 is 7.82 Å². The Labute approximate surface area is 562 Å². The van der Waals surface area contributed by atoms with E-state index in [4.69, 9.17) is 13.8 Å². The zero-order valence-electron chi connectivity index (χ0n) is 59.8. The van der Waals surface area contributed by atoms with Gasteiger partial charge in [-0.1, -0.05) is 309 Å². The van der Waals surface area contributed by atoms with Gasteiger partial charge < -0.3 is 19.4 Å². The summed E-state index contributed by atoms with van der Waals surface area (Å²) in [6.45, 7) is 6.87. The molecular formula is C81H142N2O7P+. The number of phosphoric acid groups is 1. The van der Waals surface area contributed by atoms with Gasteiger partial charge in [0, 0.05) is 12.8 Å². The van der Waals surface area contributed by atoms with Gasteiger partial charge in [-0.05, 0) is 128 Å². The molecule has 3 atom stereocenters. The summed E-state index contributed by atoms with van der Waals surface area (Å²) in [7, 11) is 1.47. The number of likely N-dealkylation sites (N-methyl/N-ethyl adjacent to an activating group) is 1. The quantitative estimate of drug-likeness (QED) is 0.0205. The summed E-state index contributed by atoms with van der Waals surface area (Å²) in [4.78, 5) is 38.0. The van der Waals surface area contributed by atoms with Gasteiger partial charge in [0.15, 0.2) is 0 Å². The number of unbranched alkanes of at least 4 members (excludes halogenated alkanes) is 31. The average molecular weight is 1290 g/mol.